The molecule has 19 nitrogen and oxygen atoms in total. The lowest BCUT2D eigenvalue weighted by Gasteiger charge is -2.28. The fourth-order valence-electron chi connectivity index (χ4n) is 13.1. The average molecular weight is 1690 g/mol. The molecule has 9 aromatic heterocycles. The predicted molar refractivity (Wildman–Crippen MR) is 478 cm³/mol. The third-order valence-corrected chi connectivity index (χ3v) is 24.7. The average Bonchev–Trinajstić information content (AvgIpc) is 1.74. The number of aliphatic hydroxyl groups is 1. The second kappa shape index (κ2) is 39.0. The Balaban J connectivity index is 0.000000121. The van der Waals surface area contributed by atoms with Crippen LogP contribution in [0.4, 0.5) is 14.7 Å². The van der Waals surface area contributed by atoms with E-state index in [9.17, 15) is 19.1 Å². The van der Waals surface area contributed by atoms with Gasteiger partial charge in [-0.25, -0.2) is 47.7 Å². The molecule has 0 bridgehead atoms. The Bertz CT molecular complexity index is 6130. The maximum atomic E-state index is 12.2. The van der Waals surface area contributed by atoms with Crippen molar-refractivity contribution in [3.05, 3.63) is 414 Å². The van der Waals surface area contributed by atoms with Crippen molar-refractivity contribution >= 4 is 102 Å². The van der Waals surface area contributed by atoms with Crippen molar-refractivity contribution in [1.82, 2.24) is 68.8 Å². The van der Waals surface area contributed by atoms with Gasteiger partial charge in [0.2, 0.25) is 0 Å². The van der Waals surface area contributed by atoms with E-state index in [0.29, 0.717) is 25.3 Å². The number of hydrogen-bond acceptors (Lipinski definition) is 18. The summed E-state index contributed by atoms with van der Waals surface area (Å²) in [5.74, 6) is 0.0528. The van der Waals surface area contributed by atoms with Crippen LogP contribution in [-0.4, -0.2) is 98.6 Å². The predicted octanol–water partition coefficient (Wildman–Crippen LogP) is 21.4. The topological polar surface area (TPSA) is 202 Å². The number of ketones is 2. The molecular formula is C93H81Cl2FN16O3S4. The lowest BCUT2D eigenvalue weighted by atomic mass is 9.95. The number of Topliss-reactive ketones (excluding diaryl/α,β-unsaturated/α-hetero) is 2. The van der Waals surface area contributed by atoms with Crippen LogP contribution in [0.1, 0.15) is 118 Å². The Morgan fingerprint density at radius 1 is 0.429 bits per heavy atom. The number of anilines is 2. The number of hydrogen-bond donors (Lipinski definition) is 1. The molecule has 2 atom stereocenters. The van der Waals surface area contributed by atoms with Gasteiger partial charge in [-0.05, 0) is 217 Å². The maximum Gasteiger partial charge on any atom is 0.186 e. The van der Waals surface area contributed by atoms with Crippen LogP contribution in [0.3, 0.4) is 0 Å². The second-order valence-corrected chi connectivity index (χ2v) is 33.1. The molecule has 596 valence electrons. The highest BCUT2D eigenvalue weighted by molar-refractivity contribution is 7.17. The zero-order valence-corrected chi connectivity index (χ0v) is 70.1. The van der Waals surface area contributed by atoms with E-state index in [2.05, 4.69) is 167 Å². The minimum atomic E-state index is -1.10. The molecule has 8 aromatic carbocycles. The number of halogens is 3. The molecule has 0 fully saturated rings. The summed E-state index contributed by atoms with van der Waals surface area (Å²) in [6.45, 7) is 19.3. The number of thiazole rings is 4. The standard InChI is InChI=1S/C23H22N4S.C23H20N4S.C14H12ClN3OS.C14H10ClN3S.C11H10N2O.C8H7FO/c2*1-17(18-7-9-21(10-8-18)27-13-4-12-25-27)22-15-24-23(28-22)26-14-11-19-5-2-3-6-20(19)16-26;1-14(19,12-9-16-13(15)20-12)10-3-5-11(6-4-10)18-8-2-7-17-18;1-10(13-9-16-14(15)19-13)11-3-5-12(6-4-11)18-8-2-7-17-18;1-9(14)10-3-5-11(6-4-10)13-8-2-7-12-13;1-6(10)7-2-4-8(9)5-3-7/h2-10,12-13,15,17H,11,14,16H2,1H3;2-10,12-13,15H,1,11,14,16H2;2-9,19H,1H3;2-9H,1H2;2-8H,1H3;2-5H,1H3. The molecule has 17 aromatic rings. The van der Waals surface area contributed by atoms with Gasteiger partial charge in [0.25, 0.3) is 0 Å². The van der Waals surface area contributed by atoms with Gasteiger partial charge in [0.05, 0.1) is 43.1 Å². The van der Waals surface area contributed by atoms with Gasteiger partial charge in [-0.2, -0.15) is 25.5 Å². The zero-order chi connectivity index (χ0) is 82.8. The molecule has 26 heteroatoms. The van der Waals surface area contributed by atoms with E-state index in [4.69, 9.17) is 28.2 Å². The third-order valence-electron chi connectivity index (χ3n) is 19.9. The van der Waals surface area contributed by atoms with Crippen molar-refractivity contribution in [3.63, 3.8) is 0 Å². The van der Waals surface area contributed by atoms with Crippen LogP contribution in [0.2, 0.25) is 8.93 Å². The number of rotatable bonds is 17. The van der Waals surface area contributed by atoms with E-state index in [-0.39, 0.29) is 17.4 Å². The summed E-state index contributed by atoms with van der Waals surface area (Å²) in [4.78, 5) is 48.0. The van der Waals surface area contributed by atoms with Gasteiger partial charge >= 0.3 is 0 Å². The summed E-state index contributed by atoms with van der Waals surface area (Å²) in [6.07, 6.45) is 27.8. The first-order valence-corrected chi connectivity index (χ1v) is 42.0. The molecule has 0 radical (unpaired) electrons. The van der Waals surface area contributed by atoms with Crippen molar-refractivity contribution in [3.8, 4) is 28.4 Å². The quantitative estimate of drug-likeness (QED) is 0.0844. The Labute approximate surface area is 714 Å². The fraction of sp³-hybridized carbons (Fsp3) is 0.129. The third kappa shape index (κ3) is 21.2. The number of carbonyl (C=O) groups excluding carboxylic acids is 2. The molecule has 0 amide bonds. The van der Waals surface area contributed by atoms with Gasteiger partial charge in [-0.15, -0.1) is 34.0 Å². The van der Waals surface area contributed by atoms with E-state index < -0.39 is 5.60 Å². The maximum absolute atomic E-state index is 12.2. The normalized spacial score (nSPS) is 12.6. The zero-order valence-electron chi connectivity index (χ0n) is 65.4. The smallest absolute Gasteiger partial charge is 0.186 e. The van der Waals surface area contributed by atoms with E-state index in [0.717, 1.165) is 121 Å². The van der Waals surface area contributed by atoms with Crippen molar-refractivity contribution in [2.75, 3.05) is 22.9 Å². The highest BCUT2D eigenvalue weighted by Crippen LogP contribution is 2.38. The molecule has 11 heterocycles. The Hall–Kier alpha value is -12.8. The van der Waals surface area contributed by atoms with Crippen LogP contribution < -0.4 is 9.80 Å². The molecule has 119 heavy (non-hydrogen) atoms. The SMILES string of the molecule is C=C(c1ccc(-n2cccn2)cc1)c1cnc(Cl)s1.C=C(c1ccc(-n2cccn2)cc1)c1cnc(N2CCc3ccccc3C2)s1.CC(=O)c1ccc(-n2cccn2)cc1.CC(=O)c1ccc(F)cc1.CC(O)(c1ccc(-n2cccn2)cc1)c1cnc(Cl)s1.CC(c1ccc(-n2cccn2)cc1)c1cnc(N2CCc3ccccc3C2)s1. The van der Waals surface area contributed by atoms with Gasteiger partial charge < -0.3 is 14.9 Å². The molecular weight excluding hydrogens is 1610 g/mol. The minimum Gasteiger partial charge on any atom is -0.380 e. The molecule has 0 aliphatic carbocycles. The first-order valence-electron chi connectivity index (χ1n) is 38.0. The second-order valence-electron chi connectivity index (χ2n) is 27.8. The first kappa shape index (κ1) is 82.7. The molecule has 2 aliphatic rings. The number of fused-ring (bicyclic) bond motifs is 2. The van der Waals surface area contributed by atoms with Crippen molar-refractivity contribution in [1.29, 1.82) is 0 Å². The lowest BCUT2D eigenvalue weighted by Crippen LogP contribution is -2.30. The lowest BCUT2D eigenvalue weighted by molar-refractivity contribution is 0.100. The van der Waals surface area contributed by atoms with Crippen molar-refractivity contribution in [2.24, 2.45) is 0 Å². The van der Waals surface area contributed by atoms with Gasteiger partial charge in [0, 0.05) is 135 Å². The van der Waals surface area contributed by atoms with E-state index in [1.54, 1.807) is 90.1 Å². The molecule has 0 saturated heterocycles. The van der Waals surface area contributed by atoms with E-state index in [1.165, 1.54) is 86.6 Å². The molecule has 2 unspecified atom stereocenters. The first-order chi connectivity index (χ1) is 57.8. The van der Waals surface area contributed by atoms with Gasteiger partial charge in [-0.1, -0.05) is 152 Å². The van der Waals surface area contributed by atoms with Gasteiger partial charge in [-0.3, -0.25) is 9.59 Å². The summed E-state index contributed by atoms with van der Waals surface area (Å²) in [5, 5.41) is 33.9. The number of nitrogens with zero attached hydrogens (tertiary/aromatic N) is 16. The van der Waals surface area contributed by atoms with E-state index in [1.807, 2.05) is 160 Å². The van der Waals surface area contributed by atoms with Gasteiger partial charge in [0.1, 0.15) is 11.4 Å². The van der Waals surface area contributed by atoms with Crippen LogP contribution in [0, 0.1) is 5.82 Å². The summed E-state index contributed by atoms with van der Waals surface area (Å²) < 4.78 is 22.3. The van der Waals surface area contributed by atoms with Crippen LogP contribution in [0.15, 0.2) is 324 Å². The molecule has 0 saturated carbocycles. The number of aromatic nitrogens is 14. The highest BCUT2D eigenvalue weighted by atomic mass is 35.5. The summed E-state index contributed by atoms with van der Waals surface area (Å²) in [5.41, 5.74) is 17.1. The van der Waals surface area contributed by atoms with Crippen LogP contribution >= 0.6 is 68.5 Å². The largest absolute Gasteiger partial charge is 0.380 e. The number of benzene rings is 8. The van der Waals surface area contributed by atoms with Crippen molar-refractivity contribution < 1.29 is 19.1 Å². The summed E-state index contributed by atoms with van der Waals surface area (Å²) in [7, 11) is 0. The summed E-state index contributed by atoms with van der Waals surface area (Å²) in [6, 6.07) is 72.4. The summed E-state index contributed by atoms with van der Waals surface area (Å²) >= 11 is 17.9. The molecule has 2 aliphatic heterocycles. The fourth-order valence-corrected chi connectivity index (χ4v) is 17.0. The Kier molecular flexibility index (Phi) is 27.1. The van der Waals surface area contributed by atoms with Gasteiger partial charge in [0.15, 0.2) is 30.8 Å². The van der Waals surface area contributed by atoms with Crippen LogP contribution in [-0.2, 0) is 31.5 Å². The molecule has 1 N–H and O–H groups in total. The molecule has 19 rings (SSSR count). The van der Waals surface area contributed by atoms with Crippen LogP contribution in [0.5, 0.6) is 0 Å². The highest BCUT2D eigenvalue weighted by Gasteiger charge is 2.29. The van der Waals surface area contributed by atoms with Crippen molar-refractivity contribution in [2.45, 2.75) is 65.1 Å². The van der Waals surface area contributed by atoms with E-state index >= 15 is 0 Å². The monoisotopic (exact) mass is 1690 g/mol. The Morgan fingerprint density at radius 3 is 1.17 bits per heavy atom. The number of carbonyl (C=O) groups is 2. The molecule has 0 spiro atoms. The Morgan fingerprint density at radius 2 is 0.782 bits per heavy atom. The van der Waals surface area contributed by atoms with Crippen LogP contribution in [0.25, 0.3) is 39.6 Å². The minimum absolute atomic E-state index is 0.0417.